The fourth-order valence-electron chi connectivity index (χ4n) is 4.61. The maximum atomic E-state index is 13.0. The number of hydrogen-bond acceptors (Lipinski definition) is 3. The van der Waals surface area contributed by atoms with E-state index in [1.807, 2.05) is 35.2 Å². The Morgan fingerprint density at radius 2 is 1.81 bits per heavy atom. The fraction of sp³-hybridized carbons (Fsp3) is 0.259. The number of hydrogen-bond donors (Lipinski definition) is 0. The lowest BCUT2D eigenvalue weighted by Crippen LogP contribution is -2.24. The highest BCUT2D eigenvalue weighted by Crippen LogP contribution is 2.34. The van der Waals surface area contributed by atoms with Gasteiger partial charge in [-0.2, -0.15) is 0 Å². The van der Waals surface area contributed by atoms with E-state index in [1.165, 1.54) is 16.7 Å². The number of rotatable bonds is 5. The molecule has 1 aromatic heterocycles. The topological polar surface area (TPSA) is 47.4 Å². The van der Waals surface area contributed by atoms with Crippen LogP contribution in [0.25, 0.3) is 11.0 Å². The van der Waals surface area contributed by atoms with E-state index in [9.17, 15) is 4.79 Å². The Morgan fingerprint density at radius 3 is 2.59 bits per heavy atom. The molecule has 0 radical (unpaired) electrons. The summed E-state index contributed by atoms with van der Waals surface area (Å²) < 4.78 is 7.55. The van der Waals surface area contributed by atoms with Crippen LogP contribution in [0.5, 0.6) is 5.75 Å². The number of ether oxygens (including phenoxy) is 1. The maximum absolute atomic E-state index is 13.0. The summed E-state index contributed by atoms with van der Waals surface area (Å²) in [5.74, 6) is 1.94. The van der Waals surface area contributed by atoms with Gasteiger partial charge in [-0.1, -0.05) is 35.9 Å². The first-order chi connectivity index (χ1) is 15.5. The van der Waals surface area contributed by atoms with Gasteiger partial charge in [0, 0.05) is 31.1 Å². The molecule has 0 saturated carbocycles. The van der Waals surface area contributed by atoms with Crippen LogP contribution in [0.2, 0.25) is 0 Å². The van der Waals surface area contributed by atoms with E-state index in [-0.39, 0.29) is 11.8 Å². The average molecular weight is 426 g/mol. The van der Waals surface area contributed by atoms with Crippen molar-refractivity contribution in [2.45, 2.75) is 32.7 Å². The third-order valence-electron chi connectivity index (χ3n) is 6.39. The van der Waals surface area contributed by atoms with Crippen LogP contribution in [-0.4, -0.2) is 29.1 Å². The van der Waals surface area contributed by atoms with Crippen molar-refractivity contribution in [2.24, 2.45) is 0 Å². The molecule has 4 aromatic rings. The first-order valence-corrected chi connectivity index (χ1v) is 11.0. The largest absolute Gasteiger partial charge is 0.497 e. The zero-order chi connectivity index (χ0) is 22.2. The van der Waals surface area contributed by atoms with Gasteiger partial charge in [-0.15, -0.1) is 0 Å². The maximum Gasteiger partial charge on any atom is 0.227 e. The summed E-state index contributed by atoms with van der Waals surface area (Å²) in [6.45, 7) is 5.65. The van der Waals surface area contributed by atoms with Crippen molar-refractivity contribution in [1.82, 2.24) is 9.55 Å². The fourth-order valence-corrected chi connectivity index (χ4v) is 4.61. The highest BCUT2D eigenvalue weighted by molar-refractivity contribution is 5.96. The quantitative estimate of drug-likeness (QED) is 0.440. The number of nitrogens with zero attached hydrogens (tertiary/aromatic N) is 3. The average Bonchev–Trinajstić information content (AvgIpc) is 3.37. The summed E-state index contributed by atoms with van der Waals surface area (Å²) >= 11 is 0. The minimum atomic E-state index is 0.0436. The molecule has 0 aliphatic carbocycles. The van der Waals surface area contributed by atoms with E-state index in [0.717, 1.165) is 34.8 Å². The van der Waals surface area contributed by atoms with Gasteiger partial charge in [0.15, 0.2) is 0 Å². The lowest BCUT2D eigenvalue weighted by molar-refractivity contribution is -0.117. The monoisotopic (exact) mass is 425 g/mol. The number of imidazole rings is 1. The van der Waals surface area contributed by atoms with Gasteiger partial charge in [0.2, 0.25) is 5.91 Å². The first-order valence-electron chi connectivity index (χ1n) is 11.0. The molecule has 2 heterocycles. The molecule has 5 nitrogen and oxygen atoms in total. The number of carbonyl (C=O) groups excluding carboxylic acids is 1. The minimum absolute atomic E-state index is 0.0436. The van der Waals surface area contributed by atoms with E-state index in [1.54, 1.807) is 7.11 Å². The summed E-state index contributed by atoms with van der Waals surface area (Å²) in [6.07, 6.45) is 0.460. The molecular formula is C27H27N3O2. The lowest BCUT2D eigenvalue weighted by Gasteiger charge is -2.18. The van der Waals surface area contributed by atoms with Crippen LogP contribution in [0.15, 0.2) is 66.7 Å². The second-order valence-corrected chi connectivity index (χ2v) is 8.58. The van der Waals surface area contributed by atoms with Crippen molar-refractivity contribution in [3.05, 3.63) is 89.2 Å². The standard InChI is InChI=1S/C27H27N3O2/c1-18-8-9-19(2)20(14-18)16-30-25-7-5-4-6-24(25)28-27(30)21-15-26(31)29(17-21)22-10-12-23(32-3)13-11-22/h4-14,21H,15-17H2,1-3H3/t21-/m1/s1. The van der Waals surface area contributed by atoms with Gasteiger partial charge in [-0.3, -0.25) is 4.79 Å². The molecule has 162 valence electrons. The van der Waals surface area contributed by atoms with Gasteiger partial charge < -0.3 is 14.2 Å². The highest BCUT2D eigenvalue weighted by Gasteiger charge is 2.35. The molecule has 1 aliphatic heterocycles. The molecule has 1 aliphatic rings. The molecule has 5 heteroatoms. The van der Waals surface area contributed by atoms with Crippen LogP contribution in [-0.2, 0) is 11.3 Å². The predicted molar refractivity (Wildman–Crippen MR) is 127 cm³/mol. The summed E-state index contributed by atoms with van der Waals surface area (Å²) in [5.41, 5.74) is 6.78. The van der Waals surface area contributed by atoms with Gasteiger partial charge in [0.25, 0.3) is 0 Å². The number of amides is 1. The van der Waals surface area contributed by atoms with Gasteiger partial charge in [0.05, 0.1) is 18.1 Å². The number of para-hydroxylation sites is 2. The normalized spacial score (nSPS) is 16.2. The molecule has 0 N–H and O–H groups in total. The smallest absolute Gasteiger partial charge is 0.227 e. The second-order valence-electron chi connectivity index (χ2n) is 8.58. The molecular weight excluding hydrogens is 398 g/mol. The van der Waals surface area contributed by atoms with Crippen LogP contribution in [0, 0.1) is 13.8 Å². The van der Waals surface area contributed by atoms with Crippen molar-refractivity contribution in [2.75, 3.05) is 18.6 Å². The van der Waals surface area contributed by atoms with Crippen LogP contribution < -0.4 is 9.64 Å². The van der Waals surface area contributed by atoms with E-state index in [0.29, 0.717) is 13.0 Å². The van der Waals surface area contributed by atoms with Gasteiger partial charge in [-0.05, 0) is 61.4 Å². The SMILES string of the molecule is COc1ccc(N2C[C@H](c3nc4ccccc4n3Cc3cc(C)ccc3C)CC2=O)cc1. The van der Waals surface area contributed by atoms with E-state index in [4.69, 9.17) is 9.72 Å². The molecule has 1 amide bonds. The number of methoxy groups -OCH3 is 1. The molecule has 1 saturated heterocycles. The Balaban J connectivity index is 1.52. The molecule has 3 aromatic carbocycles. The van der Waals surface area contributed by atoms with Crippen LogP contribution in [0.1, 0.15) is 34.9 Å². The molecule has 32 heavy (non-hydrogen) atoms. The van der Waals surface area contributed by atoms with Crippen molar-refractivity contribution in [3.63, 3.8) is 0 Å². The number of fused-ring (bicyclic) bond motifs is 1. The van der Waals surface area contributed by atoms with Crippen molar-refractivity contribution in [1.29, 1.82) is 0 Å². The summed E-state index contributed by atoms with van der Waals surface area (Å²) in [7, 11) is 1.65. The number of aryl methyl sites for hydroxylation is 2. The molecule has 0 bridgehead atoms. The lowest BCUT2D eigenvalue weighted by atomic mass is 10.0. The third-order valence-corrected chi connectivity index (χ3v) is 6.39. The number of benzene rings is 3. The Morgan fingerprint density at radius 1 is 1.03 bits per heavy atom. The predicted octanol–water partition coefficient (Wildman–Crippen LogP) is 5.23. The van der Waals surface area contributed by atoms with Gasteiger partial charge in [-0.25, -0.2) is 4.98 Å². The summed E-state index contributed by atoms with van der Waals surface area (Å²) in [5, 5.41) is 0. The molecule has 0 unspecified atom stereocenters. The first kappa shape index (κ1) is 20.3. The summed E-state index contributed by atoms with van der Waals surface area (Å²) in [6, 6.07) is 22.5. The number of anilines is 1. The molecule has 1 fully saturated rings. The van der Waals surface area contributed by atoms with Gasteiger partial charge in [0.1, 0.15) is 11.6 Å². The van der Waals surface area contributed by atoms with Gasteiger partial charge >= 0.3 is 0 Å². The Labute approximate surface area is 188 Å². The van der Waals surface area contributed by atoms with E-state index >= 15 is 0 Å². The Bertz CT molecular complexity index is 1290. The number of carbonyl (C=O) groups is 1. The van der Waals surface area contributed by atoms with Crippen LogP contribution >= 0.6 is 0 Å². The summed E-state index contributed by atoms with van der Waals surface area (Å²) in [4.78, 5) is 19.8. The third kappa shape index (κ3) is 3.64. The second kappa shape index (κ2) is 8.15. The Hall–Kier alpha value is -3.60. The van der Waals surface area contributed by atoms with Crippen LogP contribution in [0.3, 0.4) is 0 Å². The van der Waals surface area contributed by atoms with Crippen LogP contribution in [0.4, 0.5) is 5.69 Å². The highest BCUT2D eigenvalue weighted by atomic mass is 16.5. The minimum Gasteiger partial charge on any atom is -0.497 e. The van der Waals surface area contributed by atoms with E-state index < -0.39 is 0 Å². The molecule has 0 spiro atoms. The van der Waals surface area contributed by atoms with E-state index in [2.05, 4.69) is 54.8 Å². The molecule has 1 atom stereocenters. The van der Waals surface area contributed by atoms with Crippen molar-refractivity contribution >= 4 is 22.6 Å². The zero-order valence-corrected chi connectivity index (χ0v) is 18.7. The zero-order valence-electron chi connectivity index (χ0n) is 18.7. The number of aromatic nitrogens is 2. The Kier molecular flexibility index (Phi) is 5.17. The molecule has 5 rings (SSSR count). The van der Waals surface area contributed by atoms with Crippen molar-refractivity contribution < 1.29 is 9.53 Å². The van der Waals surface area contributed by atoms with Crippen molar-refractivity contribution in [3.8, 4) is 5.75 Å².